The second kappa shape index (κ2) is 3.31. The van der Waals surface area contributed by atoms with Gasteiger partial charge in [0.05, 0.1) is 6.54 Å². The first-order valence-electron chi connectivity index (χ1n) is 5.07. The van der Waals surface area contributed by atoms with Crippen LogP contribution < -0.4 is 5.73 Å². The zero-order valence-corrected chi connectivity index (χ0v) is 9.36. The number of aromatic nitrogens is 3. The van der Waals surface area contributed by atoms with Gasteiger partial charge in [0, 0.05) is 11.7 Å². The highest BCUT2D eigenvalue weighted by Gasteiger charge is 2.20. The van der Waals surface area contributed by atoms with Crippen LogP contribution in [0.5, 0.6) is 0 Å². The molecule has 0 aromatic carbocycles. The summed E-state index contributed by atoms with van der Waals surface area (Å²) in [6.45, 7) is 6.82. The van der Waals surface area contributed by atoms with Crippen molar-refractivity contribution in [2.45, 2.75) is 32.9 Å². The Hall–Kier alpha value is -1.42. The van der Waals surface area contributed by atoms with Crippen LogP contribution in [0.2, 0.25) is 0 Å². The Morgan fingerprint density at radius 3 is 2.73 bits per heavy atom. The molecule has 4 nitrogen and oxygen atoms in total. The van der Waals surface area contributed by atoms with E-state index < -0.39 is 0 Å². The molecule has 0 spiro atoms. The first kappa shape index (κ1) is 10.1. The Morgan fingerprint density at radius 1 is 1.40 bits per heavy atom. The second-order valence-electron chi connectivity index (χ2n) is 4.58. The third kappa shape index (κ3) is 1.61. The fraction of sp³-hybridized carbons (Fsp3) is 0.455. The summed E-state index contributed by atoms with van der Waals surface area (Å²) in [4.78, 5) is 8.83. The largest absolute Gasteiger partial charge is 0.324 e. The van der Waals surface area contributed by atoms with Gasteiger partial charge in [-0.15, -0.1) is 0 Å². The Bertz CT molecular complexity index is 479. The molecular formula is C11H16N4. The van der Waals surface area contributed by atoms with Crippen LogP contribution in [0, 0.1) is 0 Å². The third-order valence-electron chi connectivity index (χ3n) is 2.34. The van der Waals surface area contributed by atoms with Gasteiger partial charge in [0.1, 0.15) is 11.3 Å². The van der Waals surface area contributed by atoms with Gasteiger partial charge in [0.2, 0.25) is 0 Å². The van der Waals surface area contributed by atoms with Gasteiger partial charge in [-0.25, -0.2) is 9.97 Å². The minimum Gasteiger partial charge on any atom is -0.324 e. The predicted molar refractivity (Wildman–Crippen MR) is 60.4 cm³/mol. The average Bonchev–Trinajstić information content (AvgIpc) is 2.54. The van der Waals surface area contributed by atoms with Crippen LogP contribution >= 0.6 is 0 Å². The predicted octanol–water partition coefficient (Wildman–Crippen LogP) is 1.65. The monoisotopic (exact) mass is 204 g/mol. The molecule has 0 unspecified atom stereocenters. The van der Waals surface area contributed by atoms with E-state index in [1.54, 1.807) is 6.20 Å². The lowest BCUT2D eigenvalue weighted by molar-refractivity contribution is 0.392. The number of fused-ring (bicyclic) bond motifs is 1. The lowest BCUT2D eigenvalue weighted by Crippen LogP contribution is -2.25. The summed E-state index contributed by atoms with van der Waals surface area (Å²) in [6, 6.07) is 3.85. The van der Waals surface area contributed by atoms with Crippen LogP contribution in [0.1, 0.15) is 26.6 Å². The lowest BCUT2D eigenvalue weighted by atomic mass is 10.1. The maximum absolute atomic E-state index is 5.70. The highest BCUT2D eigenvalue weighted by atomic mass is 15.2. The standard InChI is InChI=1S/C11H16N4/c1-11(2,3)15-9(7-12)14-8-5-4-6-13-10(8)15/h4-6H,7,12H2,1-3H3. The van der Waals surface area contributed by atoms with Gasteiger partial charge >= 0.3 is 0 Å². The molecule has 0 aliphatic rings. The summed E-state index contributed by atoms with van der Waals surface area (Å²) in [7, 11) is 0. The van der Waals surface area contributed by atoms with E-state index in [0.717, 1.165) is 17.0 Å². The second-order valence-corrected chi connectivity index (χ2v) is 4.58. The van der Waals surface area contributed by atoms with Crippen molar-refractivity contribution in [3.63, 3.8) is 0 Å². The Morgan fingerprint density at radius 2 is 2.13 bits per heavy atom. The van der Waals surface area contributed by atoms with Gasteiger partial charge in [0.25, 0.3) is 0 Å². The van der Waals surface area contributed by atoms with Gasteiger partial charge in [-0.1, -0.05) is 0 Å². The van der Waals surface area contributed by atoms with Crippen molar-refractivity contribution >= 4 is 11.2 Å². The number of nitrogens with zero attached hydrogens (tertiary/aromatic N) is 3. The number of hydrogen-bond acceptors (Lipinski definition) is 3. The highest BCUT2D eigenvalue weighted by Crippen LogP contribution is 2.23. The lowest BCUT2D eigenvalue weighted by Gasteiger charge is -2.23. The molecule has 2 rings (SSSR count). The number of hydrogen-bond donors (Lipinski definition) is 1. The van der Waals surface area contributed by atoms with E-state index in [1.165, 1.54) is 0 Å². The number of pyridine rings is 1. The van der Waals surface area contributed by atoms with E-state index in [4.69, 9.17) is 5.73 Å². The summed E-state index contributed by atoms with van der Waals surface area (Å²) >= 11 is 0. The summed E-state index contributed by atoms with van der Waals surface area (Å²) in [5.74, 6) is 0.885. The van der Waals surface area contributed by atoms with Crippen molar-refractivity contribution in [1.82, 2.24) is 14.5 Å². The Kier molecular flexibility index (Phi) is 2.23. The zero-order valence-electron chi connectivity index (χ0n) is 9.36. The summed E-state index contributed by atoms with van der Waals surface area (Å²) in [5, 5.41) is 0. The Balaban J connectivity index is 2.79. The number of rotatable bonds is 1. The van der Waals surface area contributed by atoms with Gasteiger partial charge < -0.3 is 10.3 Å². The highest BCUT2D eigenvalue weighted by molar-refractivity contribution is 5.71. The van der Waals surface area contributed by atoms with Crippen molar-refractivity contribution in [2.75, 3.05) is 0 Å². The van der Waals surface area contributed by atoms with Crippen LogP contribution in [-0.4, -0.2) is 14.5 Å². The smallest absolute Gasteiger partial charge is 0.160 e. The van der Waals surface area contributed by atoms with E-state index in [-0.39, 0.29) is 5.54 Å². The summed E-state index contributed by atoms with van der Waals surface area (Å²) < 4.78 is 2.10. The van der Waals surface area contributed by atoms with E-state index in [1.807, 2.05) is 12.1 Å². The van der Waals surface area contributed by atoms with E-state index >= 15 is 0 Å². The molecule has 0 radical (unpaired) electrons. The molecule has 0 bridgehead atoms. The molecule has 2 aromatic rings. The fourth-order valence-electron chi connectivity index (χ4n) is 1.80. The first-order valence-corrected chi connectivity index (χ1v) is 5.07. The molecule has 0 saturated carbocycles. The van der Waals surface area contributed by atoms with Gasteiger partial charge in [0.15, 0.2) is 5.65 Å². The van der Waals surface area contributed by atoms with Crippen LogP contribution in [0.3, 0.4) is 0 Å². The molecule has 0 amide bonds. The van der Waals surface area contributed by atoms with Crippen molar-refractivity contribution in [1.29, 1.82) is 0 Å². The van der Waals surface area contributed by atoms with Gasteiger partial charge in [-0.3, -0.25) is 0 Å². The molecule has 2 aromatic heterocycles. The molecule has 15 heavy (non-hydrogen) atoms. The van der Waals surface area contributed by atoms with Gasteiger partial charge in [-0.05, 0) is 32.9 Å². The third-order valence-corrected chi connectivity index (χ3v) is 2.34. The van der Waals surface area contributed by atoms with Crippen molar-refractivity contribution in [3.8, 4) is 0 Å². The molecule has 2 N–H and O–H groups in total. The Labute approximate surface area is 89.1 Å². The molecule has 0 saturated heterocycles. The maximum atomic E-state index is 5.70. The topological polar surface area (TPSA) is 56.7 Å². The van der Waals surface area contributed by atoms with Crippen LogP contribution in [0.15, 0.2) is 18.3 Å². The SMILES string of the molecule is CC(C)(C)n1c(CN)nc2cccnc21. The normalized spacial score (nSPS) is 12.3. The molecule has 0 fully saturated rings. The average molecular weight is 204 g/mol. The van der Waals surface area contributed by atoms with Gasteiger partial charge in [-0.2, -0.15) is 0 Å². The van der Waals surface area contributed by atoms with Crippen molar-refractivity contribution < 1.29 is 0 Å². The molecule has 0 atom stereocenters. The van der Waals surface area contributed by atoms with E-state index in [0.29, 0.717) is 6.54 Å². The number of nitrogens with two attached hydrogens (primary N) is 1. The molecule has 2 heterocycles. The first-order chi connectivity index (χ1) is 7.04. The fourth-order valence-corrected chi connectivity index (χ4v) is 1.80. The van der Waals surface area contributed by atoms with E-state index in [9.17, 15) is 0 Å². The number of imidazole rings is 1. The van der Waals surface area contributed by atoms with Crippen LogP contribution in [-0.2, 0) is 12.1 Å². The summed E-state index contributed by atoms with van der Waals surface area (Å²) in [5.41, 5.74) is 7.47. The maximum Gasteiger partial charge on any atom is 0.160 e. The van der Waals surface area contributed by atoms with Crippen molar-refractivity contribution in [3.05, 3.63) is 24.2 Å². The van der Waals surface area contributed by atoms with Crippen LogP contribution in [0.25, 0.3) is 11.2 Å². The molecular weight excluding hydrogens is 188 g/mol. The molecule has 4 heteroatoms. The molecule has 0 aliphatic carbocycles. The minimum absolute atomic E-state index is 0.0438. The minimum atomic E-state index is -0.0438. The quantitative estimate of drug-likeness (QED) is 0.768. The summed E-state index contributed by atoms with van der Waals surface area (Å²) in [6.07, 6.45) is 1.78. The van der Waals surface area contributed by atoms with E-state index in [2.05, 4.69) is 35.3 Å². The molecule has 0 aliphatic heterocycles. The van der Waals surface area contributed by atoms with Crippen molar-refractivity contribution in [2.24, 2.45) is 5.73 Å². The zero-order chi connectivity index (χ0) is 11.1. The molecule has 80 valence electrons. The van der Waals surface area contributed by atoms with Crippen LogP contribution in [0.4, 0.5) is 0 Å².